The maximum atomic E-state index is 9.76. The Kier molecular flexibility index (Phi) is 2.49. The molecule has 3 rings (SSSR count). The number of aliphatic hydroxyl groups excluding tert-OH is 1. The van der Waals surface area contributed by atoms with Crippen LogP contribution in [0.5, 0.6) is 0 Å². The van der Waals surface area contributed by atoms with E-state index in [1.54, 1.807) is 0 Å². The second-order valence-corrected chi connectivity index (χ2v) is 5.21. The van der Waals surface area contributed by atoms with Crippen molar-refractivity contribution in [1.29, 1.82) is 0 Å². The van der Waals surface area contributed by atoms with E-state index in [1.807, 2.05) is 0 Å². The molecule has 2 atom stereocenters. The lowest BCUT2D eigenvalue weighted by molar-refractivity contribution is 0.0347. The van der Waals surface area contributed by atoms with Crippen LogP contribution in [0.2, 0.25) is 0 Å². The lowest BCUT2D eigenvalue weighted by atomic mass is 9.64. The average Bonchev–Trinajstić information content (AvgIpc) is 2.38. The summed E-state index contributed by atoms with van der Waals surface area (Å²) >= 11 is 0. The molecule has 0 radical (unpaired) electrons. The summed E-state index contributed by atoms with van der Waals surface area (Å²) in [5.41, 5.74) is 2.99. The van der Waals surface area contributed by atoms with Gasteiger partial charge in [-0.15, -0.1) is 0 Å². The SMILES string of the molecule is OCC12CCCNC1c1ccccc1CC2. The van der Waals surface area contributed by atoms with Crippen LogP contribution >= 0.6 is 0 Å². The maximum absolute atomic E-state index is 9.76. The van der Waals surface area contributed by atoms with E-state index in [9.17, 15) is 5.11 Å². The van der Waals surface area contributed by atoms with Gasteiger partial charge in [-0.25, -0.2) is 0 Å². The normalized spacial score (nSPS) is 32.9. The largest absolute Gasteiger partial charge is 0.396 e. The molecule has 0 amide bonds. The predicted octanol–water partition coefficient (Wildman–Crippen LogP) is 2.04. The van der Waals surface area contributed by atoms with Crippen molar-refractivity contribution in [2.45, 2.75) is 31.7 Å². The summed E-state index contributed by atoms with van der Waals surface area (Å²) in [6, 6.07) is 9.06. The molecule has 1 saturated heterocycles. The first-order valence-electron chi connectivity index (χ1n) is 6.28. The first-order chi connectivity index (χ1) is 7.86. The first kappa shape index (κ1) is 10.3. The van der Waals surface area contributed by atoms with Gasteiger partial charge < -0.3 is 10.4 Å². The molecule has 0 spiro atoms. The average molecular weight is 217 g/mol. The van der Waals surface area contributed by atoms with Gasteiger partial charge in [0.05, 0.1) is 6.61 Å². The Labute approximate surface area is 96.7 Å². The Hall–Kier alpha value is -0.860. The Bertz CT molecular complexity index is 390. The summed E-state index contributed by atoms with van der Waals surface area (Å²) < 4.78 is 0. The van der Waals surface area contributed by atoms with Crippen LogP contribution in [0.1, 0.15) is 36.4 Å². The van der Waals surface area contributed by atoms with Crippen molar-refractivity contribution >= 4 is 0 Å². The summed E-state index contributed by atoms with van der Waals surface area (Å²) in [7, 11) is 0. The van der Waals surface area contributed by atoms with Gasteiger partial charge in [-0.3, -0.25) is 0 Å². The minimum Gasteiger partial charge on any atom is -0.396 e. The summed E-state index contributed by atoms with van der Waals surface area (Å²) in [5.74, 6) is 0. The zero-order valence-corrected chi connectivity index (χ0v) is 9.58. The second kappa shape index (κ2) is 3.86. The van der Waals surface area contributed by atoms with Gasteiger partial charge in [0.25, 0.3) is 0 Å². The van der Waals surface area contributed by atoms with E-state index in [-0.39, 0.29) is 5.41 Å². The monoisotopic (exact) mass is 217 g/mol. The molecule has 2 nitrogen and oxygen atoms in total. The molecule has 0 saturated carbocycles. The van der Waals surface area contributed by atoms with Crippen molar-refractivity contribution in [3.63, 3.8) is 0 Å². The molecule has 2 unspecified atom stereocenters. The van der Waals surface area contributed by atoms with Crippen LogP contribution < -0.4 is 5.32 Å². The van der Waals surface area contributed by atoms with E-state index in [4.69, 9.17) is 0 Å². The predicted molar refractivity (Wildman–Crippen MR) is 64.3 cm³/mol. The number of fused-ring (bicyclic) bond motifs is 3. The van der Waals surface area contributed by atoms with Crippen molar-refractivity contribution in [3.8, 4) is 0 Å². The van der Waals surface area contributed by atoms with E-state index in [2.05, 4.69) is 29.6 Å². The fourth-order valence-corrected chi connectivity index (χ4v) is 3.43. The first-order valence-corrected chi connectivity index (χ1v) is 6.28. The van der Waals surface area contributed by atoms with E-state index >= 15 is 0 Å². The fourth-order valence-electron chi connectivity index (χ4n) is 3.43. The Balaban J connectivity index is 2.04. The summed E-state index contributed by atoms with van der Waals surface area (Å²) in [4.78, 5) is 0. The van der Waals surface area contributed by atoms with Crippen LogP contribution in [0.3, 0.4) is 0 Å². The molecule has 0 aromatic heterocycles. The highest BCUT2D eigenvalue weighted by Crippen LogP contribution is 2.48. The summed E-state index contributed by atoms with van der Waals surface area (Å²) in [6.45, 7) is 1.40. The number of nitrogens with one attached hydrogen (secondary N) is 1. The molecule has 0 bridgehead atoms. The Morgan fingerprint density at radius 2 is 2.19 bits per heavy atom. The summed E-state index contributed by atoms with van der Waals surface area (Å²) in [6.07, 6.45) is 4.60. The Morgan fingerprint density at radius 3 is 3.06 bits per heavy atom. The molecule has 1 aliphatic carbocycles. The number of hydrogen-bond donors (Lipinski definition) is 2. The number of aryl methyl sites for hydroxylation is 1. The van der Waals surface area contributed by atoms with Gasteiger partial charge in [-0.05, 0) is 43.4 Å². The number of piperidine rings is 1. The minimum absolute atomic E-state index is 0.104. The third kappa shape index (κ3) is 1.40. The number of benzene rings is 1. The van der Waals surface area contributed by atoms with E-state index in [1.165, 1.54) is 17.5 Å². The zero-order valence-electron chi connectivity index (χ0n) is 9.58. The lowest BCUT2D eigenvalue weighted by Crippen LogP contribution is -2.48. The topological polar surface area (TPSA) is 32.3 Å². The van der Waals surface area contributed by atoms with Gasteiger partial charge in [-0.1, -0.05) is 24.3 Å². The zero-order chi connectivity index (χ0) is 11.0. The molecule has 16 heavy (non-hydrogen) atoms. The highest BCUT2D eigenvalue weighted by atomic mass is 16.3. The van der Waals surface area contributed by atoms with Crippen LogP contribution in [0.4, 0.5) is 0 Å². The minimum atomic E-state index is 0.104. The molecule has 2 aliphatic rings. The molecule has 1 aromatic carbocycles. The molecular formula is C14H19NO. The van der Waals surface area contributed by atoms with Gasteiger partial charge in [0, 0.05) is 11.5 Å². The molecule has 1 fully saturated rings. The fraction of sp³-hybridized carbons (Fsp3) is 0.571. The van der Waals surface area contributed by atoms with Crippen LogP contribution in [-0.4, -0.2) is 18.3 Å². The number of hydrogen-bond acceptors (Lipinski definition) is 2. The van der Waals surface area contributed by atoms with Crippen LogP contribution in [-0.2, 0) is 6.42 Å². The number of rotatable bonds is 1. The number of aliphatic hydroxyl groups is 1. The van der Waals surface area contributed by atoms with E-state index in [0.717, 1.165) is 25.8 Å². The standard InChI is InChI=1S/C14H19NO/c16-10-14-7-3-9-15-13(14)12-5-2-1-4-11(12)6-8-14/h1-2,4-5,13,15-16H,3,6-10H2. The highest BCUT2D eigenvalue weighted by molar-refractivity contribution is 5.35. The van der Waals surface area contributed by atoms with Gasteiger partial charge in [-0.2, -0.15) is 0 Å². The molecule has 1 aliphatic heterocycles. The second-order valence-electron chi connectivity index (χ2n) is 5.21. The van der Waals surface area contributed by atoms with Crippen LogP contribution in [0, 0.1) is 5.41 Å². The molecule has 2 heteroatoms. The quantitative estimate of drug-likeness (QED) is 0.754. The van der Waals surface area contributed by atoms with Crippen molar-refractivity contribution in [2.24, 2.45) is 5.41 Å². The van der Waals surface area contributed by atoms with Crippen LogP contribution in [0.25, 0.3) is 0 Å². The molecule has 2 N–H and O–H groups in total. The Morgan fingerprint density at radius 1 is 1.31 bits per heavy atom. The van der Waals surface area contributed by atoms with E-state index in [0.29, 0.717) is 12.6 Å². The van der Waals surface area contributed by atoms with Gasteiger partial charge in [0.1, 0.15) is 0 Å². The molecule has 86 valence electrons. The molecule has 1 aromatic rings. The summed E-state index contributed by atoms with van der Waals surface area (Å²) in [5, 5.41) is 13.4. The molecular weight excluding hydrogens is 198 g/mol. The van der Waals surface area contributed by atoms with Crippen LogP contribution in [0.15, 0.2) is 24.3 Å². The van der Waals surface area contributed by atoms with Crippen molar-refractivity contribution in [3.05, 3.63) is 35.4 Å². The smallest absolute Gasteiger partial charge is 0.0505 e. The van der Waals surface area contributed by atoms with E-state index < -0.39 is 0 Å². The third-order valence-corrected chi connectivity index (χ3v) is 4.39. The van der Waals surface area contributed by atoms with Crippen molar-refractivity contribution < 1.29 is 5.11 Å². The molecule has 1 heterocycles. The van der Waals surface area contributed by atoms with Gasteiger partial charge >= 0.3 is 0 Å². The van der Waals surface area contributed by atoms with Gasteiger partial charge in [0.15, 0.2) is 0 Å². The lowest BCUT2D eigenvalue weighted by Gasteiger charge is -2.47. The van der Waals surface area contributed by atoms with Crippen molar-refractivity contribution in [1.82, 2.24) is 5.32 Å². The third-order valence-electron chi connectivity index (χ3n) is 4.39. The highest BCUT2D eigenvalue weighted by Gasteiger charge is 2.43. The van der Waals surface area contributed by atoms with Gasteiger partial charge in [0.2, 0.25) is 0 Å². The van der Waals surface area contributed by atoms with Crippen molar-refractivity contribution in [2.75, 3.05) is 13.2 Å². The maximum Gasteiger partial charge on any atom is 0.0505 e.